The fraction of sp³-hybridized carbons (Fsp3) is 0.160. The monoisotopic (exact) mass is 437 g/mol. The van der Waals surface area contributed by atoms with Crippen LogP contribution < -0.4 is 9.64 Å². The number of aliphatic hydroxyl groups is 1. The van der Waals surface area contributed by atoms with Crippen molar-refractivity contribution < 1.29 is 19.0 Å². The van der Waals surface area contributed by atoms with Crippen molar-refractivity contribution in [3.8, 4) is 5.75 Å². The lowest BCUT2D eigenvalue weighted by atomic mass is 9.88. The molecule has 6 heteroatoms. The molecule has 3 aromatic carbocycles. The molecule has 0 fully saturated rings. The summed E-state index contributed by atoms with van der Waals surface area (Å²) in [6.07, 6.45) is 2.01. The Morgan fingerprint density at radius 1 is 1.10 bits per heavy atom. The van der Waals surface area contributed by atoms with Gasteiger partial charge >= 0.3 is 0 Å². The summed E-state index contributed by atoms with van der Waals surface area (Å²) in [5, 5.41) is 10.0. The van der Waals surface area contributed by atoms with Crippen LogP contribution in [0, 0.1) is 5.82 Å². The summed E-state index contributed by atoms with van der Waals surface area (Å²) in [7, 11) is 1.61. The first kappa shape index (κ1) is 21.1. The Balaban J connectivity index is 1.92. The molecule has 31 heavy (non-hydrogen) atoms. The van der Waals surface area contributed by atoms with Gasteiger partial charge in [-0.25, -0.2) is 4.39 Å². The van der Waals surface area contributed by atoms with Crippen molar-refractivity contribution in [2.24, 2.45) is 0 Å². The van der Waals surface area contributed by atoms with Crippen LogP contribution in [0.3, 0.4) is 0 Å². The Bertz CT molecular complexity index is 1130. The maximum Gasteiger partial charge on any atom is 0.160 e. The van der Waals surface area contributed by atoms with Crippen LogP contribution in [0.4, 0.5) is 10.1 Å². The molecule has 3 aromatic rings. The van der Waals surface area contributed by atoms with Crippen LogP contribution in [0.5, 0.6) is 5.75 Å². The van der Waals surface area contributed by atoms with E-state index in [0.29, 0.717) is 10.6 Å². The summed E-state index contributed by atoms with van der Waals surface area (Å²) in [6.45, 7) is -0.572. The summed E-state index contributed by atoms with van der Waals surface area (Å²) in [4.78, 5) is 14.3. The number of carbonyl (C=O) groups is 1. The number of hydrogen-bond donors (Lipinski definition) is 1. The highest BCUT2D eigenvalue weighted by molar-refractivity contribution is 6.30. The molecule has 158 valence electrons. The van der Waals surface area contributed by atoms with E-state index >= 15 is 0 Å². The number of methoxy groups -OCH3 is 1. The average molecular weight is 438 g/mol. The summed E-state index contributed by atoms with van der Waals surface area (Å²) >= 11 is 6.10. The van der Waals surface area contributed by atoms with E-state index < -0.39 is 12.6 Å². The first-order valence-electron chi connectivity index (χ1n) is 9.83. The second-order valence-electron chi connectivity index (χ2n) is 7.29. The van der Waals surface area contributed by atoms with E-state index in [1.807, 2.05) is 47.4 Å². The quantitative estimate of drug-likeness (QED) is 0.553. The van der Waals surface area contributed by atoms with Crippen LogP contribution in [0.2, 0.25) is 5.02 Å². The van der Waals surface area contributed by atoms with Gasteiger partial charge in [0.25, 0.3) is 0 Å². The zero-order valence-corrected chi connectivity index (χ0v) is 17.6. The first-order chi connectivity index (χ1) is 15.0. The molecule has 0 bridgehead atoms. The maximum atomic E-state index is 14.2. The Morgan fingerprint density at radius 3 is 2.45 bits per heavy atom. The van der Waals surface area contributed by atoms with Crippen molar-refractivity contribution in [3.05, 3.63) is 94.3 Å². The van der Waals surface area contributed by atoms with Crippen LogP contribution in [0.15, 0.2) is 66.7 Å². The van der Waals surface area contributed by atoms with E-state index in [0.717, 1.165) is 28.3 Å². The topological polar surface area (TPSA) is 49.8 Å². The number of nitrogens with zero attached hydrogens (tertiary/aromatic N) is 1. The molecule has 0 aromatic heterocycles. The summed E-state index contributed by atoms with van der Waals surface area (Å²) < 4.78 is 19.4. The SMILES string of the molecule is COc1ccc(C2=Cc3ccc(F)cc3C(CC(=O)CO)N2c2ccc(Cl)cc2)cc1. The number of aliphatic hydroxyl groups excluding tert-OH is 1. The minimum Gasteiger partial charge on any atom is -0.497 e. The van der Waals surface area contributed by atoms with Crippen LogP contribution in [0.1, 0.15) is 29.2 Å². The Kier molecular flexibility index (Phi) is 6.07. The standard InChI is InChI=1S/C25H21ClFNO3/c1-31-22-10-3-16(4-11-22)24-12-17-2-7-19(27)13-23(17)25(14-21(30)15-29)28(24)20-8-5-18(26)6-9-20/h2-13,25,29H,14-15H2,1H3. The number of ketones is 1. The van der Waals surface area contributed by atoms with Gasteiger partial charge in [0.05, 0.1) is 13.2 Å². The van der Waals surface area contributed by atoms with E-state index in [1.165, 1.54) is 12.1 Å². The number of ether oxygens (including phenoxy) is 1. The predicted molar refractivity (Wildman–Crippen MR) is 121 cm³/mol. The molecule has 1 aliphatic heterocycles. The van der Waals surface area contributed by atoms with Gasteiger partial charge in [-0.3, -0.25) is 4.79 Å². The average Bonchev–Trinajstić information content (AvgIpc) is 2.79. The molecule has 1 aliphatic rings. The zero-order valence-electron chi connectivity index (χ0n) is 16.9. The van der Waals surface area contributed by atoms with E-state index in [-0.39, 0.29) is 18.0 Å². The van der Waals surface area contributed by atoms with E-state index in [2.05, 4.69) is 0 Å². The largest absolute Gasteiger partial charge is 0.497 e. The fourth-order valence-corrected chi connectivity index (χ4v) is 4.00. The van der Waals surface area contributed by atoms with Gasteiger partial charge in [-0.1, -0.05) is 17.7 Å². The van der Waals surface area contributed by atoms with Crippen molar-refractivity contribution in [1.29, 1.82) is 0 Å². The van der Waals surface area contributed by atoms with Crippen molar-refractivity contribution in [3.63, 3.8) is 0 Å². The van der Waals surface area contributed by atoms with Crippen molar-refractivity contribution in [2.45, 2.75) is 12.5 Å². The van der Waals surface area contributed by atoms with Crippen molar-refractivity contribution in [1.82, 2.24) is 0 Å². The molecule has 4 rings (SSSR count). The highest BCUT2D eigenvalue weighted by Gasteiger charge is 2.32. The lowest BCUT2D eigenvalue weighted by Gasteiger charge is -2.39. The predicted octanol–water partition coefficient (Wildman–Crippen LogP) is 5.50. The third kappa shape index (κ3) is 4.33. The van der Waals surface area contributed by atoms with Crippen LogP contribution in [-0.4, -0.2) is 24.6 Å². The zero-order chi connectivity index (χ0) is 22.0. The normalized spacial score (nSPS) is 15.3. The molecule has 4 nitrogen and oxygen atoms in total. The number of anilines is 1. The second-order valence-corrected chi connectivity index (χ2v) is 7.73. The van der Waals surface area contributed by atoms with Gasteiger partial charge in [0.1, 0.15) is 18.2 Å². The number of benzene rings is 3. The highest BCUT2D eigenvalue weighted by atomic mass is 35.5. The lowest BCUT2D eigenvalue weighted by molar-refractivity contribution is -0.122. The molecule has 1 atom stereocenters. The van der Waals surface area contributed by atoms with Gasteiger partial charge in [0.2, 0.25) is 0 Å². The molecule has 0 saturated heterocycles. The Morgan fingerprint density at radius 2 is 1.81 bits per heavy atom. The minimum atomic E-state index is -0.572. The number of carbonyl (C=O) groups excluding carboxylic acids is 1. The molecule has 0 spiro atoms. The summed E-state index contributed by atoms with van der Waals surface area (Å²) in [5.74, 6) is 0.0281. The third-order valence-electron chi connectivity index (χ3n) is 5.36. The molecule has 0 amide bonds. The Labute approximate surface area is 185 Å². The van der Waals surface area contributed by atoms with E-state index in [4.69, 9.17) is 16.3 Å². The molecular weight excluding hydrogens is 417 g/mol. The molecule has 0 saturated carbocycles. The molecule has 1 N–H and O–H groups in total. The summed E-state index contributed by atoms with van der Waals surface area (Å²) in [6, 6.07) is 19.0. The van der Waals surface area contributed by atoms with Gasteiger partial charge in [0, 0.05) is 22.8 Å². The van der Waals surface area contributed by atoms with Crippen LogP contribution in [0.25, 0.3) is 11.8 Å². The van der Waals surface area contributed by atoms with E-state index in [1.54, 1.807) is 25.3 Å². The Hall–Kier alpha value is -3.15. The van der Waals surface area contributed by atoms with Gasteiger partial charge in [0.15, 0.2) is 5.78 Å². The molecule has 0 aliphatic carbocycles. The fourth-order valence-electron chi connectivity index (χ4n) is 3.88. The number of rotatable bonds is 6. The summed E-state index contributed by atoms with van der Waals surface area (Å²) in [5.41, 5.74) is 4.08. The van der Waals surface area contributed by atoms with Crippen LogP contribution >= 0.6 is 11.6 Å². The van der Waals surface area contributed by atoms with Gasteiger partial charge in [-0.05, 0) is 83.4 Å². The van der Waals surface area contributed by atoms with Crippen molar-refractivity contribution >= 4 is 34.8 Å². The van der Waals surface area contributed by atoms with Gasteiger partial charge in [-0.2, -0.15) is 0 Å². The second kappa shape index (κ2) is 8.92. The first-order valence-corrected chi connectivity index (χ1v) is 10.2. The number of Topliss-reactive ketones (excluding diaryl/α,β-unsaturated/α-hetero) is 1. The number of fused-ring (bicyclic) bond motifs is 1. The van der Waals surface area contributed by atoms with Gasteiger partial charge in [-0.15, -0.1) is 0 Å². The number of hydrogen-bond acceptors (Lipinski definition) is 4. The molecular formula is C25H21ClFNO3. The third-order valence-corrected chi connectivity index (χ3v) is 5.61. The van der Waals surface area contributed by atoms with Gasteiger partial charge < -0.3 is 14.7 Å². The van der Waals surface area contributed by atoms with Crippen molar-refractivity contribution in [2.75, 3.05) is 18.6 Å². The minimum absolute atomic E-state index is 0.0308. The highest BCUT2D eigenvalue weighted by Crippen LogP contribution is 2.44. The smallest absolute Gasteiger partial charge is 0.160 e. The maximum absolute atomic E-state index is 14.2. The molecule has 0 radical (unpaired) electrons. The van der Waals surface area contributed by atoms with E-state index in [9.17, 15) is 14.3 Å². The van der Waals surface area contributed by atoms with Crippen LogP contribution in [-0.2, 0) is 4.79 Å². The number of halogens is 2. The lowest BCUT2D eigenvalue weighted by Crippen LogP contribution is -2.32. The molecule has 1 unspecified atom stereocenters. The molecule has 1 heterocycles.